The SMILES string of the molecule is O=S(=O)(NC1(CCl)CCC1)c1cncc(Br)c1. The van der Waals surface area contributed by atoms with Crippen molar-refractivity contribution in [1.29, 1.82) is 0 Å². The van der Waals surface area contributed by atoms with E-state index in [-0.39, 0.29) is 4.90 Å². The molecule has 1 aromatic rings. The topological polar surface area (TPSA) is 59.1 Å². The van der Waals surface area contributed by atoms with Gasteiger partial charge in [-0.25, -0.2) is 13.1 Å². The molecular weight excluding hydrogens is 328 g/mol. The van der Waals surface area contributed by atoms with Crippen molar-refractivity contribution >= 4 is 37.6 Å². The third-order valence-corrected chi connectivity index (χ3v) is 5.40. The Morgan fingerprint density at radius 3 is 2.65 bits per heavy atom. The summed E-state index contributed by atoms with van der Waals surface area (Å²) >= 11 is 9.03. The van der Waals surface area contributed by atoms with Crippen molar-refractivity contribution < 1.29 is 8.42 Å². The van der Waals surface area contributed by atoms with Gasteiger partial charge in [0.05, 0.1) is 0 Å². The van der Waals surface area contributed by atoms with Gasteiger partial charge in [0.1, 0.15) is 4.90 Å². The lowest BCUT2D eigenvalue weighted by Crippen LogP contribution is -2.54. The summed E-state index contributed by atoms with van der Waals surface area (Å²) < 4.78 is 27.6. The number of nitrogens with zero attached hydrogens (tertiary/aromatic N) is 1. The zero-order valence-electron chi connectivity index (χ0n) is 8.99. The van der Waals surface area contributed by atoms with Crippen LogP contribution in [0.15, 0.2) is 27.8 Å². The second kappa shape index (κ2) is 4.84. The maximum absolute atomic E-state index is 12.1. The molecule has 0 unspecified atom stereocenters. The molecule has 7 heteroatoms. The summed E-state index contributed by atoms with van der Waals surface area (Å²) in [6.45, 7) is 0. The zero-order valence-corrected chi connectivity index (χ0v) is 12.1. The van der Waals surface area contributed by atoms with Crippen molar-refractivity contribution in [3.63, 3.8) is 0 Å². The van der Waals surface area contributed by atoms with Crippen LogP contribution >= 0.6 is 27.5 Å². The van der Waals surface area contributed by atoms with Gasteiger partial charge in [0.25, 0.3) is 0 Å². The Labute approximate surface area is 114 Å². The van der Waals surface area contributed by atoms with Gasteiger partial charge in [-0.3, -0.25) is 4.98 Å². The molecule has 1 fully saturated rings. The van der Waals surface area contributed by atoms with Gasteiger partial charge >= 0.3 is 0 Å². The maximum Gasteiger partial charge on any atom is 0.242 e. The van der Waals surface area contributed by atoms with E-state index in [0.29, 0.717) is 10.4 Å². The van der Waals surface area contributed by atoms with Crippen molar-refractivity contribution in [2.45, 2.75) is 29.7 Å². The Hall–Kier alpha value is -0.170. The molecule has 2 rings (SSSR count). The Morgan fingerprint density at radius 1 is 1.47 bits per heavy atom. The molecule has 0 amide bonds. The van der Waals surface area contributed by atoms with E-state index in [2.05, 4.69) is 25.6 Å². The predicted molar refractivity (Wildman–Crippen MR) is 69.6 cm³/mol. The van der Waals surface area contributed by atoms with Crippen LogP contribution in [0.5, 0.6) is 0 Å². The number of hydrogen-bond acceptors (Lipinski definition) is 3. The van der Waals surface area contributed by atoms with Gasteiger partial charge in [-0.2, -0.15) is 0 Å². The molecule has 4 nitrogen and oxygen atoms in total. The van der Waals surface area contributed by atoms with E-state index in [9.17, 15) is 8.42 Å². The molecule has 0 radical (unpaired) electrons. The number of aromatic nitrogens is 1. The van der Waals surface area contributed by atoms with E-state index < -0.39 is 15.6 Å². The van der Waals surface area contributed by atoms with Gasteiger partial charge in [0.2, 0.25) is 10.0 Å². The number of pyridine rings is 1. The Balaban J connectivity index is 2.25. The van der Waals surface area contributed by atoms with Crippen LogP contribution in [0.2, 0.25) is 0 Å². The summed E-state index contributed by atoms with van der Waals surface area (Å²) in [5.74, 6) is 0.299. The molecular formula is C10H12BrClN2O2S. The number of halogens is 2. The number of alkyl halides is 1. The molecule has 0 spiro atoms. The number of rotatable bonds is 4. The van der Waals surface area contributed by atoms with E-state index >= 15 is 0 Å². The first-order chi connectivity index (χ1) is 7.97. The lowest BCUT2D eigenvalue weighted by atomic mass is 9.79. The van der Waals surface area contributed by atoms with E-state index in [4.69, 9.17) is 11.6 Å². The van der Waals surface area contributed by atoms with Gasteiger partial charge in [0.15, 0.2) is 0 Å². The van der Waals surface area contributed by atoms with Crippen molar-refractivity contribution in [2.75, 3.05) is 5.88 Å². The van der Waals surface area contributed by atoms with Gasteiger partial charge in [-0.15, -0.1) is 11.6 Å². The average molecular weight is 340 g/mol. The zero-order chi connectivity index (χ0) is 12.5. The van der Waals surface area contributed by atoms with Crippen LogP contribution in [-0.2, 0) is 10.0 Å². The normalized spacial score (nSPS) is 18.7. The molecule has 0 saturated heterocycles. The predicted octanol–water partition coefficient (Wildman–Crippen LogP) is 2.28. The molecule has 0 atom stereocenters. The summed E-state index contributed by atoms with van der Waals surface area (Å²) in [6, 6.07) is 1.52. The van der Waals surface area contributed by atoms with Crippen molar-refractivity contribution in [3.05, 3.63) is 22.9 Å². The van der Waals surface area contributed by atoms with Crippen LogP contribution in [0, 0.1) is 0 Å². The first-order valence-corrected chi connectivity index (χ1v) is 7.99. The Bertz CT molecular complexity index is 511. The highest BCUT2D eigenvalue weighted by Gasteiger charge is 2.40. The fraction of sp³-hybridized carbons (Fsp3) is 0.500. The molecule has 1 aliphatic carbocycles. The van der Waals surface area contributed by atoms with Crippen LogP contribution in [0.1, 0.15) is 19.3 Å². The summed E-state index contributed by atoms with van der Waals surface area (Å²) in [7, 11) is -3.54. The second-order valence-corrected chi connectivity index (χ2v) is 7.08. The second-order valence-electron chi connectivity index (χ2n) is 4.21. The molecule has 0 aliphatic heterocycles. The van der Waals surface area contributed by atoms with E-state index in [1.54, 1.807) is 6.20 Å². The fourth-order valence-corrected chi connectivity index (χ4v) is 4.13. The highest BCUT2D eigenvalue weighted by Crippen LogP contribution is 2.34. The molecule has 0 bridgehead atoms. The van der Waals surface area contributed by atoms with E-state index in [0.717, 1.165) is 19.3 Å². The first-order valence-electron chi connectivity index (χ1n) is 5.18. The van der Waals surface area contributed by atoms with Gasteiger partial charge in [-0.05, 0) is 41.3 Å². The quantitative estimate of drug-likeness (QED) is 0.856. The van der Waals surface area contributed by atoms with Crippen molar-refractivity contribution in [3.8, 4) is 0 Å². The van der Waals surface area contributed by atoms with Crippen molar-refractivity contribution in [1.82, 2.24) is 9.71 Å². The molecule has 94 valence electrons. The van der Waals surface area contributed by atoms with Crippen LogP contribution < -0.4 is 4.72 Å². The monoisotopic (exact) mass is 338 g/mol. The highest BCUT2D eigenvalue weighted by atomic mass is 79.9. The molecule has 1 heterocycles. The third kappa shape index (κ3) is 2.81. The van der Waals surface area contributed by atoms with Crippen LogP contribution in [0.25, 0.3) is 0 Å². The summed E-state index contributed by atoms with van der Waals surface area (Å²) in [5, 5.41) is 0. The summed E-state index contributed by atoms with van der Waals surface area (Å²) in [6.07, 6.45) is 5.45. The molecule has 1 saturated carbocycles. The minimum Gasteiger partial charge on any atom is -0.262 e. The molecule has 1 N–H and O–H groups in total. The first kappa shape index (κ1) is 13.3. The molecule has 1 aromatic heterocycles. The fourth-order valence-electron chi connectivity index (χ4n) is 1.75. The number of hydrogen-bond donors (Lipinski definition) is 1. The summed E-state index contributed by atoms with van der Waals surface area (Å²) in [5.41, 5.74) is -0.470. The molecule has 0 aromatic carbocycles. The molecule has 1 aliphatic rings. The lowest BCUT2D eigenvalue weighted by molar-refractivity contribution is 0.252. The Morgan fingerprint density at radius 2 is 2.18 bits per heavy atom. The van der Waals surface area contributed by atoms with Gasteiger partial charge in [0, 0.05) is 28.3 Å². The Kier molecular flexibility index (Phi) is 3.77. The standard InChI is InChI=1S/C10H12BrClN2O2S/c11-8-4-9(6-13-5-8)17(15,16)14-10(7-12)2-1-3-10/h4-6,14H,1-3,7H2. The number of sulfonamides is 1. The number of nitrogens with one attached hydrogen (secondary N) is 1. The largest absolute Gasteiger partial charge is 0.262 e. The van der Waals surface area contributed by atoms with Crippen LogP contribution in [0.3, 0.4) is 0 Å². The van der Waals surface area contributed by atoms with Crippen LogP contribution in [-0.4, -0.2) is 24.8 Å². The average Bonchev–Trinajstić information content (AvgIpc) is 2.24. The van der Waals surface area contributed by atoms with E-state index in [1.807, 2.05) is 0 Å². The highest BCUT2D eigenvalue weighted by molar-refractivity contribution is 9.10. The van der Waals surface area contributed by atoms with Crippen LogP contribution in [0.4, 0.5) is 0 Å². The molecule has 17 heavy (non-hydrogen) atoms. The smallest absolute Gasteiger partial charge is 0.242 e. The maximum atomic E-state index is 12.1. The van der Waals surface area contributed by atoms with E-state index in [1.165, 1.54) is 12.3 Å². The van der Waals surface area contributed by atoms with Gasteiger partial charge < -0.3 is 0 Å². The summed E-state index contributed by atoms with van der Waals surface area (Å²) in [4.78, 5) is 4.01. The minimum absolute atomic E-state index is 0.156. The minimum atomic E-state index is -3.54. The lowest BCUT2D eigenvalue weighted by Gasteiger charge is -2.40. The van der Waals surface area contributed by atoms with Gasteiger partial charge in [-0.1, -0.05) is 0 Å². The van der Waals surface area contributed by atoms with Crippen molar-refractivity contribution in [2.24, 2.45) is 0 Å². The third-order valence-electron chi connectivity index (χ3n) is 2.91.